The Morgan fingerprint density at radius 3 is 3.00 bits per heavy atom. The predicted molar refractivity (Wildman–Crippen MR) is 72.0 cm³/mol. The van der Waals surface area contributed by atoms with Crippen LogP contribution in [0.25, 0.3) is 11.4 Å². The fourth-order valence-electron chi connectivity index (χ4n) is 2.02. The van der Waals surface area contributed by atoms with Crippen molar-refractivity contribution in [3.8, 4) is 11.4 Å². The van der Waals surface area contributed by atoms with Gasteiger partial charge in [0.2, 0.25) is 11.7 Å². The molecule has 96 valence electrons. The zero-order chi connectivity index (χ0) is 11.7. The van der Waals surface area contributed by atoms with E-state index in [-0.39, 0.29) is 18.4 Å². The molecule has 3 rings (SSSR count). The Kier molecular flexibility index (Phi) is 4.22. The van der Waals surface area contributed by atoms with E-state index in [1.165, 1.54) is 0 Å². The second-order valence-corrected chi connectivity index (χ2v) is 4.55. The second kappa shape index (κ2) is 5.69. The molecule has 1 aliphatic heterocycles. The maximum atomic E-state index is 5.93. The average molecular weight is 286 g/mol. The highest BCUT2D eigenvalue weighted by Crippen LogP contribution is 2.25. The second-order valence-electron chi connectivity index (χ2n) is 4.12. The summed E-state index contributed by atoms with van der Waals surface area (Å²) in [6.07, 6.45) is 2.21. The Bertz CT molecular complexity index is 524. The van der Waals surface area contributed by atoms with Gasteiger partial charge in [-0.2, -0.15) is 4.98 Å². The number of rotatable bonds is 2. The number of hydrogen-bond acceptors (Lipinski definition) is 4. The SMILES string of the molecule is Cl.Clc1cccc(-c2noc(C3CCCN3)n2)c1. The van der Waals surface area contributed by atoms with E-state index in [1.807, 2.05) is 24.3 Å². The molecule has 0 aliphatic carbocycles. The molecule has 1 fully saturated rings. The molecule has 2 heterocycles. The van der Waals surface area contributed by atoms with Crippen LogP contribution in [0, 0.1) is 0 Å². The standard InChI is InChI=1S/C12H12ClN3O.ClH/c13-9-4-1-3-8(7-9)11-15-12(17-16-11)10-5-2-6-14-10;/h1,3-4,7,10,14H,2,5-6H2;1H. The first-order valence-corrected chi connectivity index (χ1v) is 6.03. The normalized spacial score (nSPS) is 18.6. The number of benzene rings is 1. The summed E-state index contributed by atoms with van der Waals surface area (Å²) < 4.78 is 5.28. The van der Waals surface area contributed by atoms with Crippen molar-refractivity contribution in [2.45, 2.75) is 18.9 Å². The number of nitrogens with one attached hydrogen (secondary N) is 1. The summed E-state index contributed by atoms with van der Waals surface area (Å²) in [5, 5.41) is 7.99. The average Bonchev–Trinajstić information content (AvgIpc) is 3.00. The minimum atomic E-state index is 0. The van der Waals surface area contributed by atoms with E-state index in [2.05, 4.69) is 15.5 Å². The van der Waals surface area contributed by atoms with Gasteiger partial charge >= 0.3 is 0 Å². The highest BCUT2D eigenvalue weighted by atomic mass is 35.5. The smallest absolute Gasteiger partial charge is 0.244 e. The van der Waals surface area contributed by atoms with Crippen LogP contribution in [0.1, 0.15) is 24.8 Å². The lowest BCUT2D eigenvalue weighted by atomic mass is 10.2. The van der Waals surface area contributed by atoms with Gasteiger partial charge in [0.25, 0.3) is 0 Å². The largest absolute Gasteiger partial charge is 0.337 e. The summed E-state index contributed by atoms with van der Waals surface area (Å²) in [6.45, 7) is 1.01. The van der Waals surface area contributed by atoms with Crippen molar-refractivity contribution in [2.75, 3.05) is 6.54 Å². The molecule has 0 saturated carbocycles. The molecule has 1 aromatic heterocycles. The molecule has 0 radical (unpaired) electrons. The van der Waals surface area contributed by atoms with Crippen molar-refractivity contribution in [3.63, 3.8) is 0 Å². The van der Waals surface area contributed by atoms with Gasteiger partial charge in [-0.3, -0.25) is 0 Å². The summed E-state index contributed by atoms with van der Waals surface area (Å²) in [5.41, 5.74) is 0.880. The van der Waals surface area contributed by atoms with Crippen molar-refractivity contribution in [2.24, 2.45) is 0 Å². The first-order valence-electron chi connectivity index (χ1n) is 5.66. The molecular formula is C12H13Cl2N3O. The molecule has 18 heavy (non-hydrogen) atoms. The van der Waals surface area contributed by atoms with Crippen molar-refractivity contribution < 1.29 is 4.52 Å². The van der Waals surface area contributed by atoms with Crippen molar-refractivity contribution in [3.05, 3.63) is 35.2 Å². The van der Waals surface area contributed by atoms with E-state index in [0.29, 0.717) is 16.7 Å². The maximum absolute atomic E-state index is 5.93. The Hall–Kier alpha value is -1.10. The predicted octanol–water partition coefficient (Wildman–Crippen LogP) is 3.24. The van der Waals surface area contributed by atoms with Crippen molar-refractivity contribution >= 4 is 24.0 Å². The third-order valence-corrected chi connectivity index (χ3v) is 3.12. The van der Waals surface area contributed by atoms with Crippen molar-refractivity contribution in [1.82, 2.24) is 15.5 Å². The minimum Gasteiger partial charge on any atom is -0.337 e. The Labute approximate surface area is 116 Å². The molecule has 6 heteroatoms. The fourth-order valence-corrected chi connectivity index (χ4v) is 2.21. The molecule has 1 aromatic carbocycles. The van der Waals surface area contributed by atoms with E-state index in [0.717, 1.165) is 24.9 Å². The summed E-state index contributed by atoms with van der Waals surface area (Å²) in [6, 6.07) is 7.66. The van der Waals surface area contributed by atoms with Gasteiger partial charge in [-0.25, -0.2) is 0 Å². The van der Waals surface area contributed by atoms with E-state index in [4.69, 9.17) is 16.1 Å². The van der Waals surface area contributed by atoms with Crippen LogP contribution < -0.4 is 5.32 Å². The molecular weight excluding hydrogens is 273 g/mol. The Morgan fingerprint density at radius 1 is 1.39 bits per heavy atom. The number of hydrogen-bond donors (Lipinski definition) is 1. The van der Waals surface area contributed by atoms with Gasteiger partial charge in [0.1, 0.15) is 0 Å². The van der Waals surface area contributed by atoms with Crippen LogP contribution in [0.2, 0.25) is 5.02 Å². The monoisotopic (exact) mass is 285 g/mol. The molecule has 2 aromatic rings. The zero-order valence-electron chi connectivity index (χ0n) is 9.60. The van der Waals surface area contributed by atoms with Gasteiger partial charge in [0.15, 0.2) is 0 Å². The lowest BCUT2D eigenvalue weighted by Crippen LogP contribution is -2.12. The molecule has 1 aliphatic rings. The molecule has 1 unspecified atom stereocenters. The van der Waals surface area contributed by atoms with Gasteiger partial charge in [0.05, 0.1) is 6.04 Å². The Balaban J connectivity index is 0.00000120. The van der Waals surface area contributed by atoms with Crippen molar-refractivity contribution in [1.29, 1.82) is 0 Å². The highest BCUT2D eigenvalue weighted by molar-refractivity contribution is 6.30. The minimum absolute atomic E-state index is 0. The molecule has 0 bridgehead atoms. The van der Waals surface area contributed by atoms with Gasteiger partial charge in [-0.05, 0) is 31.5 Å². The van der Waals surface area contributed by atoms with Crippen LogP contribution in [-0.2, 0) is 0 Å². The van der Waals surface area contributed by atoms with E-state index in [1.54, 1.807) is 0 Å². The van der Waals surface area contributed by atoms with Gasteiger partial charge in [0, 0.05) is 10.6 Å². The zero-order valence-corrected chi connectivity index (χ0v) is 11.2. The summed E-state index contributed by atoms with van der Waals surface area (Å²) in [5.74, 6) is 1.26. The van der Waals surface area contributed by atoms with Crippen LogP contribution in [0.4, 0.5) is 0 Å². The maximum Gasteiger partial charge on any atom is 0.244 e. The van der Waals surface area contributed by atoms with E-state index < -0.39 is 0 Å². The fraction of sp³-hybridized carbons (Fsp3) is 0.333. The molecule has 4 nitrogen and oxygen atoms in total. The number of aromatic nitrogens is 2. The topological polar surface area (TPSA) is 51.0 Å². The van der Waals surface area contributed by atoms with Crippen LogP contribution in [0.3, 0.4) is 0 Å². The molecule has 1 N–H and O–H groups in total. The first-order chi connectivity index (χ1) is 8.33. The number of nitrogens with zero attached hydrogens (tertiary/aromatic N) is 2. The summed E-state index contributed by atoms with van der Waals surface area (Å²) in [4.78, 5) is 4.40. The van der Waals surface area contributed by atoms with Crippen LogP contribution in [-0.4, -0.2) is 16.7 Å². The van der Waals surface area contributed by atoms with E-state index >= 15 is 0 Å². The van der Waals surface area contributed by atoms with Gasteiger partial charge in [-0.15, -0.1) is 12.4 Å². The van der Waals surface area contributed by atoms with E-state index in [9.17, 15) is 0 Å². The summed E-state index contributed by atoms with van der Waals surface area (Å²) >= 11 is 5.93. The lowest BCUT2D eigenvalue weighted by molar-refractivity contribution is 0.345. The first kappa shape index (κ1) is 13.3. The molecule has 1 atom stereocenters. The molecule has 0 amide bonds. The van der Waals surface area contributed by atoms with Crippen LogP contribution in [0.5, 0.6) is 0 Å². The lowest BCUT2D eigenvalue weighted by Gasteiger charge is -2.01. The summed E-state index contributed by atoms with van der Waals surface area (Å²) in [7, 11) is 0. The molecule has 0 spiro atoms. The van der Waals surface area contributed by atoms with Crippen LogP contribution in [0.15, 0.2) is 28.8 Å². The van der Waals surface area contributed by atoms with Gasteiger partial charge in [-0.1, -0.05) is 28.9 Å². The third-order valence-electron chi connectivity index (χ3n) is 2.88. The highest BCUT2D eigenvalue weighted by Gasteiger charge is 2.22. The quantitative estimate of drug-likeness (QED) is 0.920. The third kappa shape index (κ3) is 2.66. The van der Waals surface area contributed by atoms with Crippen LogP contribution >= 0.6 is 24.0 Å². The van der Waals surface area contributed by atoms with Gasteiger partial charge < -0.3 is 9.84 Å². The number of halogens is 2. The molecule has 1 saturated heterocycles. The Morgan fingerprint density at radius 2 is 2.28 bits per heavy atom.